The second-order valence-corrected chi connectivity index (χ2v) is 10.3. The zero-order valence-electron chi connectivity index (χ0n) is 26.2. The van der Waals surface area contributed by atoms with Crippen molar-refractivity contribution in [1.29, 1.82) is 0 Å². The number of carboxylic acids is 1. The van der Waals surface area contributed by atoms with Gasteiger partial charge in [-0.3, -0.25) is 24.5 Å². The minimum absolute atomic E-state index is 0. The first-order valence-electron chi connectivity index (χ1n) is 14.0. The number of carboxylic acid groups (broad SMARTS) is 1. The molecule has 0 atom stereocenters. The number of aryl methyl sites for hydroxylation is 2. The molecule has 0 saturated carbocycles. The Hall–Kier alpha value is -6.76. The number of aromatic carboxylic acids is 1. The van der Waals surface area contributed by atoms with Crippen LogP contribution in [0.25, 0.3) is 21.8 Å². The molecule has 0 radical (unpaired) electrons. The monoisotopic (exact) mass is 665 g/mol. The number of nitrogen functional groups attached to an aromatic ring is 2. The number of amides is 1. The van der Waals surface area contributed by atoms with E-state index in [4.69, 9.17) is 16.6 Å². The summed E-state index contributed by atoms with van der Waals surface area (Å²) in [7, 11) is 0. The summed E-state index contributed by atoms with van der Waals surface area (Å²) in [5.41, 5.74) is 15.0. The Kier molecular flexibility index (Phi) is 13.1. The van der Waals surface area contributed by atoms with E-state index in [1.807, 2.05) is 19.1 Å². The number of H-pyrrole nitrogens is 2. The van der Waals surface area contributed by atoms with Crippen LogP contribution in [0.4, 0.5) is 22.7 Å². The number of nitrogens with one attached hydrogen (secondary N) is 3. The van der Waals surface area contributed by atoms with E-state index in [-0.39, 0.29) is 37.1 Å². The van der Waals surface area contributed by atoms with Crippen molar-refractivity contribution in [3.05, 3.63) is 158 Å². The molecule has 49 heavy (non-hydrogen) atoms. The van der Waals surface area contributed by atoms with Gasteiger partial charge in [-0.2, -0.15) is 0 Å². The number of nitro benzene ring substituents is 1. The molecule has 13 nitrogen and oxygen atoms in total. The topological polar surface area (TPSA) is 227 Å². The van der Waals surface area contributed by atoms with Gasteiger partial charge < -0.3 is 39.3 Å². The van der Waals surface area contributed by atoms with Crippen molar-refractivity contribution in [2.45, 2.75) is 21.3 Å². The van der Waals surface area contributed by atoms with Gasteiger partial charge in [0.15, 0.2) is 0 Å². The quantitative estimate of drug-likeness (QED) is 0.0524. The Morgan fingerprint density at radius 2 is 1.29 bits per heavy atom. The van der Waals surface area contributed by atoms with Crippen molar-refractivity contribution in [3.63, 3.8) is 0 Å². The summed E-state index contributed by atoms with van der Waals surface area (Å²) >= 11 is 0. The van der Waals surface area contributed by atoms with Crippen molar-refractivity contribution in [2.24, 2.45) is 0 Å². The lowest BCUT2D eigenvalue weighted by atomic mass is 10.1. The predicted molar refractivity (Wildman–Crippen MR) is 195 cm³/mol. The maximum absolute atomic E-state index is 12.4. The maximum atomic E-state index is 12.4. The maximum Gasteiger partial charge on any atom is 0.341 e. The Labute approximate surface area is 281 Å². The molecule has 6 aromatic rings. The molecule has 13 heteroatoms. The third kappa shape index (κ3) is 9.16. The van der Waals surface area contributed by atoms with E-state index >= 15 is 0 Å². The molecule has 0 aliphatic heterocycles. The highest BCUT2D eigenvalue weighted by Gasteiger charge is 2.14. The highest BCUT2D eigenvalue weighted by Crippen LogP contribution is 2.19. The SMILES string of the molecule is C.Cc1ccc(N)cc1NC(=O)c1c[nH]c2ccccc2c1=O.Cc1ccc([N+](=O)[O-])cc1N.O=C(O)c1c[nH]c2ccccc2c1=O.[CH3-]. The molecule has 2 aromatic heterocycles. The Balaban J connectivity index is 0.000000268. The average molecular weight is 666 g/mol. The summed E-state index contributed by atoms with van der Waals surface area (Å²) in [5.74, 6) is -1.67. The van der Waals surface area contributed by atoms with Gasteiger partial charge in [0.1, 0.15) is 11.1 Å². The molecule has 0 bridgehead atoms. The van der Waals surface area contributed by atoms with Crippen LogP contribution in [-0.4, -0.2) is 31.9 Å². The molecule has 0 aliphatic rings. The number of pyridine rings is 2. The second-order valence-electron chi connectivity index (χ2n) is 10.3. The third-order valence-electron chi connectivity index (χ3n) is 7.04. The van der Waals surface area contributed by atoms with Crippen molar-refractivity contribution in [1.82, 2.24) is 9.97 Å². The molecule has 4 aromatic carbocycles. The second kappa shape index (κ2) is 16.7. The standard InChI is InChI=1S/C17H15N3O2.C10H7NO3.C7H8N2O2.CH4.CH3/c1-10-6-7-11(18)8-15(10)20-17(22)13-9-19-14-5-3-2-4-12(14)16(13)21;12-9-6-3-1-2-4-8(6)11-5-7(9)10(13)14;1-5-2-3-6(9(10)11)4-7(5)8;;/h2-9H,18H2,1H3,(H,19,21)(H,20,22);1-5H,(H,11,12)(H,13,14);2-4H,8H2,1H3;1H4;1H3/q;;;;-1. The Morgan fingerprint density at radius 1 is 0.776 bits per heavy atom. The van der Waals surface area contributed by atoms with E-state index in [1.54, 1.807) is 67.6 Å². The molecular weight excluding hydrogens is 628 g/mol. The highest BCUT2D eigenvalue weighted by atomic mass is 16.6. The van der Waals surface area contributed by atoms with E-state index in [1.165, 1.54) is 24.5 Å². The molecule has 0 unspecified atom stereocenters. The first kappa shape index (κ1) is 38.4. The molecule has 254 valence electrons. The van der Waals surface area contributed by atoms with E-state index in [2.05, 4.69) is 15.3 Å². The van der Waals surface area contributed by atoms with Gasteiger partial charge in [-0.15, -0.1) is 0 Å². The molecule has 2 heterocycles. The van der Waals surface area contributed by atoms with E-state index in [0.717, 1.165) is 11.1 Å². The molecule has 1 amide bonds. The fourth-order valence-electron chi connectivity index (χ4n) is 4.37. The van der Waals surface area contributed by atoms with E-state index in [0.29, 0.717) is 38.9 Å². The van der Waals surface area contributed by atoms with Crippen LogP contribution in [0.5, 0.6) is 0 Å². The van der Waals surface area contributed by atoms with Crippen molar-refractivity contribution < 1.29 is 19.6 Å². The smallest absolute Gasteiger partial charge is 0.341 e. The molecule has 8 N–H and O–H groups in total. The lowest BCUT2D eigenvalue weighted by molar-refractivity contribution is -0.384. The predicted octanol–water partition coefficient (Wildman–Crippen LogP) is 6.47. The molecule has 0 saturated heterocycles. The number of hydrogen-bond acceptors (Lipinski definition) is 8. The summed E-state index contributed by atoms with van der Waals surface area (Å²) < 4.78 is 0. The van der Waals surface area contributed by atoms with Crippen LogP contribution in [0.2, 0.25) is 0 Å². The molecule has 0 aliphatic carbocycles. The van der Waals surface area contributed by atoms with Crippen LogP contribution >= 0.6 is 0 Å². The summed E-state index contributed by atoms with van der Waals surface area (Å²) in [4.78, 5) is 62.5. The molecule has 0 spiro atoms. The Morgan fingerprint density at radius 3 is 1.82 bits per heavy atom. The zero-order chi connectivity index (χ0) is 34.2. The van der Waals surface area contributed by atoms with Crippen molar-refractivity contribution in [2.75, 3.05) is 16.8 Å². The fraction of sp³-hybridized carbons (Fsp3) is 0.0833. The summed E-state index contributed by atoms with van der Waals surface area (Å²) in [6.45, 7) is 3.67. The fourth-order valence-corrected chi connectivity index (χ4v) is 4.37. The van der Waals surface area contributed by atoms with Gasteiger partial charge in [-0.1, -0.05) is 43.8 Å². The molecule has 0 fully saturated rings. The van der Waals surface area contributed by atoms with Gasteiger partial charge in [-0.05, 0) is 61.4 Å². The van der Waals surface area contributed by atoms with Crippen LogP contribution < -0.4 is 27.6 Å². The normalized spacial score (nSPS) is 9.84. The number of fused-ring (bicyclic) bond motifs is 2. The highest BCUT2D eigenvalue weighted by molar-refractivity contribution is 6.06. The van der Waals surface area contributed by atoms with Crippen molar-refractivity contribution >= 4 is 56.4 Å². The van der Waals surface area contributed by atoms with Crippen LogP contribution in [0.3, 0.4) is 0 Å². The number of nitrogens with two attached hydrogens (primary N) is 2. The zero-order valence-corrected chi connectivity index (χ0v) is 26.2. The number of nitrogens with zero attached hydrogens (tertiary/aromatic N) is 1. The number of nitro groups is 1. The molecular formula is C36H37N6O7-. The number of non-ortho nitro benzene ring substituents is 1. The summed E-state index contributed by atoms with van der Waals surface area (Å²) in [6.07, 6.45) is 2.65. The van der Waals surface area contributed by atoms with Gasteiger partial charge >= 0.3 is 5.97 Å². The largest absolute Gasteiger partial charge is 0.477 e. The Bertz CT molecular complexity index is 2260. The van der Waals surface area contributed by atoms with E-state index < -0.39 is 22.2 Å². The third-order valence-corrected chi connectivity index (χ3v) is 7.04. The van der Waals surface area contributed by atoms with E-state index in [9.17, 15) is 29.3 Å². The van der Waals surface area contributed by atoms with Crippen LogP contribution in [0.1, 0.15) is 39.3 Å². The summed E-state index contributed by atoms with van der Waals surface area (Å²) in [6, 6.07) is 23.5. The minimum Gasteiger partial charge on any atom is -0.477 e. The number of aromatic amines is 2. The first-order valence-corrected chi connectivity index (χ1v) is 14.0. The van der Waals surface area contributed by atoms with Gasteiger partial charge in [0, 0.05) is 63.4 Å². The van der Waals surface area contributed by atoms with Crippen LogP contribution in [0, 0.1) is 31.4 Å². The first-order chi connectivity index (χ1) is 22.4. The number of carbonyl (C=O) groups excluding carboxylic acids is 1. The number of benzene rings is 4. The summed E-state index contributed by atoms with van der Waals surface area (Å²) in [5, 5.41) is 22.5. The average Bonchev–Trinajstić information content (AvgIpc) is 3.05. The number of para-hydroxylation sites is 2. The van der Waals surface area contributed by atoms with Crippen molar-refractivity contribution in [3.8, 4) is 0 Å². The van der Waals surface area contributed by atoms with Crippen LogP contribution in [0.15, 0.2) is 107 Å². The number of carbonyl (C=O) groups is 2. The number of rotatable bonds is 4. The number of hydrogen-bond donors (Lipinski definition) is 6. The lowest BCUT2D eigenvalue weighted by Gasteiger charge is -2.09. The van der Waals surface area contributed by atoms with Gasteiger partial charge in [0.25, 0.3) is 11.6 Å². The number of aromatic nitrogens is 2. The number of anilines is 3. The molecule has 6 rings (SSSR count). The van der Waals surface area contributed by atoms with Gasteiger partial charge in [0.2, 0.25) is 10.9 Å². The lowest BCUT2D eigenvalue weighted by Crippen LogP contribution is -2.22. The van der Waals surface area contributed by atoms with Gasteiger partial charge in [0.05, 0.1) is 4.92 Å². The van der Waals surface area contributed by atoms with Gasteiger partial charge in [-0.25, -0.2) is 4.79 Å². The minimum atomic E-state index is -1.21. The van der Waals surface area contributed by atoms with Crippen LogP contribution in [-0.2, 0) is 0 Å².